The highest BCUT2D eigenvalue weighted by molar-refractivity contribution is 7.88. The van der Waals surface area contributed by atoms with Crippen molar-refractivity contribution in [2.45, 2.75) is 39.2 Å². The van der Waals surface area contributed by atoms with Gasteiger partial charge in [0.25, 0.3) is 0 Å². The zero-order chi connectivity index (χ0) is 15.6. The first-order valence-electron chi connectivity index (χ1n) is 7.06. The highest BCUT2D eigenvalue weighted by Crippen LogP contribution is 2.24. The summed E-state index contributed by atoms with van der Waals surface area (Å²) < 4.78 is 24.8. The van der Waals surface area contributed by atoms with Gasteiger partial charge < -0.3 is 5.32 Å². The largest absolute Gasteiger partial charge is 0.366 e. The van der Waals surface area contributed by atoms with Gasteiger partial charge in [0.05, 0.1) is 6.26 Å². The quantitative estimate of drug-likeness (QED) is 0.851. The molecule has 1 saturated heterocycles. The van der Waals surface area contributed by atoms with E-state index in [1.54, 1.807) is 6.92 Å². The van der Waals surface area contributed by atoms with Crippen molar-refractivity contribution in [3.63, 3.8) is 0 Å². The van der Waals surface area contributed by atoms with Crippen LogP contribution in [0.3, 0.4) is 0 Å². The van der Waals surface area contributed by atoms with Crippen LogP contribution in [0, 0.1) is 6.92 Å². The minimum Gasteiger partial charge on any atom is -0.366 e. The van der Waals surface area contributed by atoms with Crippen LogP contribution < -0.4 is 5.32 Å². The molecule has 1 N–H and O–H groups in total. The molecule has 118 valence electrons. The molecule has 8 heteroatoms. The maximum Gasteiger partial charge on any atom is 0.211 e. The van der Waals surface area contributed by atoms with E-state index in [9.17, 15) is 8.42 Å². The molecule has 21 heavy (non-hydrogen) atoms. The first-order chi connectivity index (χ1) is 9.81. The van der Waals surface area contributed by atoms with E-state index in [4.69, 9.17) is 11.6 Å². The Morgan fingerprint density at radius 1 is 1.43 bits per heavy atom. The summed E-state index contributed by atoms with van der Waals surface area (Å²) in [7, 11) is -3.15. The minimum atomic E-state index is -3.15. The van der Waals surface area contributed by atoms with Crippen LogP contribution in [0.5, 0.6) is 0 Å². The molecule has 0 radical (unpaired) electrons. The average Bonchev–Trinajstić information content (AvgIpc) is 2.37. The molecule has 0 aromatic carbocycles. The van der Waals surface area contributed by atoms with E-state index in [0.29, 0.717) is 24.1 Å². The van der Waals surface area contributed by atoms with Gasteiger partial charge in [-0.05, 0) is 26.2 Å². The van der Waals surface area contributed by atoms with Gasteiger partial charge in [0.15, 0.2) is 0 Å². The predicted octanol–water partition coefficient (Wildman–Crippen LogP) is 1.84. The van der Waals surface area contributed by atoms with Gasteiger partial charge in [-0.2, -0.15) is 0 Å². The molecule has 6 nitrogen and oxygen atoms in total. The fraction of sp³-hybridized carbons (Fsp3) is 0.692. The van der Waals surface area contributed by atoms with Gasteiger partial charge in [0.1, 0.15) is 16.8 Å². The van der Waals surface area contributed by atoms with E-state index in [0.717, 1.165) is 30.6 Å². The normalized spacial score (nSPS) is 20.5. The van der Waals surface area contributed by atoms with Crippen molar-refractivity contribution in [2.75, 3.05) is 24.7 Å². The lowest BCUT2D eigenvalue weighted by molar-refractivity contribution is 0.328. The second-order valence-corrected chi connectivity index (χ2v) is 7.69. The molecule has 1 aromatic heterocycles. The van der Waals surface area contributed by atoms with Crippen LogP contribution in [0.2, 0.25) is 5.15 Å². The molecule has 1 fully saturated rings. The average molecular weight is 333 g/mol. The molecule has 2 rings (SSSR count). The Morgan fingerprint density at radius 2 is 2.14 bits per heavy atom. The van der Waals surface area contributed by atoms with E-state index in [1.165, 1.54) is 10.6 Å². The van der Waals surface area contributed by atoms with Crippen LogP contribution in [0.15, 0.2) is 0 Å². The number of halogens is 1. The van der Waals surface area contributed by atoms with Gasteiger partial charge in [-0.3, -0.25) is 0 Å². The number of nitrogens with one attached hydrogen (secondary N) is 1. The Balaban J connectivity index is 2.18. The SMILES string of the molecule is CCc1c(Cl)nc(C)nc1N[C@@H]1CCCN(S(C)(=O)=O)C1. The fourth-order valence-corrected chi connectivity index (χ4v) is 3.81. The molecule has 0 spiro atoms. The van der Waals surface area contributed by atoms with Gasteiger partial charge in [-0.15, -0.1) is 0 Å². The number of aryl methyl sites for hydroxylation is 1. The van der Waals surface area contributed by atoms with Crippen molar-refractivity contribution in [2.24, 2.45) is 0 Å². The molecule has 0 saturated carbocycles. The lowest BCUT2D eigenvalue weighted by atomic mass is 10.1. The van der Waals surface area contributed by atoms with Crippen molar-refractivity contribution >= 4 is 27.4 Å². The van der Waals surface area contributed by atoms with Gasteiger partial charge >= 0.3 is 0 Å². The number of aromatic nitrogens is 2. The minimum absolute atomic E-state index is 0.0455. The van der Waals surface area contributed by atoms with Crippen LogP contribution in [-0.4, -0.2) is 48.1 Å². The molecule has 0 aliphatic carbocycles. The van der Waals surface area contributed by atoms with E-state index in [1.807, 2.05) is 6.92 Å². The summed E-state index contributed by atoms with van der Waals surface area (Å²) in [5.41, 5.74) is 0.874. The number of hydrogen-bond acceptors (Lipinski definition) is 5. The lowest BCUT2D eigenvalue weighted by Crippen LogP contribution is -2.44. The van der Waals surface area contributed by atoms with Crippen molar-refractivity contribution in [3.05, 3.63) is 16.5 Å². The second kappa shape index (κ2) is 6.46. The number of sulfonamides is 1. The van der Waals surface area contributed by atoms with Crippen LogP contribution >= 0.6 is 11.6 Å². The van der Waals surface area contributed by atoms with E-state index < -0.39 is 10.0 Å². The van der Waals surface area contributed by atoms with E-state index >= 15 is 0 Å². The van der Waals surface area contributed by atoms with Crippen LogP contribution in [0.25, 0.3) is 0 Å². The molecule has 1 aromatic rings. The van der Waals surface area contributed by atoms with Crippen LogP contribution in [0.1, 0.15) is 31.2 Å². The molecule has 0 unspecified atom stereocenters. The fourth-order valence-electron chi connectivity index (χ4n) is 2.55. The first-order valence-corrected chi connectivity index (χ1v) is 9.28. The number of rotatable bonds is 4. The number of nitrogens with zero attached hydrogens (tertiary/aromatic N) is 3. The monoisotopic (exact) mass is 332 g/mol. The van der Waals surface area contributed by atoms with E-state index in [2.05, 4.69) is 15.3 Å². The summed E-state index contributed by atoms with van der Waals surface area (Å²) in [6.07, 6.45) is 3.72. The zero-order valence-corrected chi connectivity index (χ0v) is 14.1. The van der Waals surface area contributed by atoms with Crippen molar-refractivity contribution in [1.29, 1.82) is 0 Å². The summed E-state index contributed by atoms with van der Waals surface area (Å²) in [5, 5.41) is 3.80. The number of hydrogen-bond donors (Lipinski definition) is 1. The zero-order valence-electron chi connectivity index (χ0n) is 12.6. The molecular weight excluding hydrogens is 312 g/mol. The Morgan fingerprint density at radius 3 is 2.76 bits per heavy atom. The van der Waals surface area contributed by atoms with Gasteiger partial charge in [0, 0.05) is 24.7 Å². The third-order valence-corrected chi connectivity index (χ3v) is 5.20. The number of anilines is 1. The van der Waals surface area contributed by atoms with Crippen molar-refractivity contribution in [1.82, 2.24) is 14.3 Å². The third-order valence-electron chi connectivity index (χ3n) is 3.62. The maximum atomic E-state index is 11.7. The molecule has 2 heterocycles. The maximum absolute atomic E-state index is 11.7. The summed E-state index contributed by atoms with van der Waals surface area (Å²) >= 11 is 6.16. The summed E-state index contributed by atoms with van der Waals surface area (Å²) in [6.45, 7) is 4.83. The van der Waals surface area contributed by atoms with Crippen LogP contribution in [-0.2, 0) is 16.4 Å². The Hall–Kier alpha value is -0.920. The Bertz CT molecular complexity index is 621. The van der Waals surface area contributed by atoms with Gasteiger partial charge in [-0.25, -0.2) is 22.7 Å². The highest BCUT2D eigenvalue weighted by atomic mass is 35.5. The molecule has 1 aliphatic rings. The van der Waals surface area contributed by atoms with Crippen molar-refractivity contribution in [3.8, 4) is 0 Å². The molecule has 0 amide bonds. The summed E-state index contributed by atoms with van der Waals surface area (Å²) in [6, 6.07) is 0.0455. The molecule has 0 bridgehead atoms. The number of piperidine rings is 1. The standard InChI is InChI=1S/C13H21ClN4O2S/c1-4-11-12(14)15-9(2)16-13(11)17-10-6-5-7-18(8-10)21(3,19)20/h10H,4-8H2,1-3H3,(H,15,16,17)/t10-/m1/s1. The topological polar surface area (TPSA) is 75.2 Å². The second-order valence-electron chi connectivity index (χ2n) is 5.35. The molecular formula is C13H21ClN4O2S. The summed E-state index contributed by atoms with van der Waals surface area (Å²) in [4.78, 5) is 8.57. The van der Waals surface area contributed by atoms with Gasteiger partial charge in [-0.1, -0.05) is 18.5 Å². The van der Waals surface area contributed by atoms with Crippen LogP contribution in [0.4, 0.5) is 5.82 Å². The Labute approximate surface area is 131 Å². The smallest absolute Gasteiger partial charge is 0.211 e. The summed E-state index contributed by atoms with van der Waals surface area (Å²) in [5.74, 6) is 1.32. The predicted molar refractivity (Wildman–Crippen MR) is 84.2 cm³/mol. The Kier molecular flexibility index (Phi) is 5.06. The first kappa shape index (κ1) is 16.5. The molecule has 1 atom stereocenters. The lowest BCUT2D eigenvalue weighted by Gasteiger charge is -2.32. The highest BCUT2D eigenvalue weighted by Gasteiger charge is 2.26. The van der Waals surface area contributed by atoms with E-state index in [-0.39, 0.29) is 6.04 Å². The third kappa shape index (κ3) is 4.05. The molecule has 1 aliphatic heterocycles. The van der Waals surface area contributed by atoms with Gasteiger partial charge in [0.2, 0.25) is 10.0 Å². The van der Waals surface area contributed by atoms with Crippen molar-refractivity contribution < 1.29 is 8.42 Å².